The van der Waals surface area contributed by atoms with Crippen LogP contribution in [0.5, 0.6) is 0 Å². The SMILES string of the molecule is COC(OC)c1nc2c(cc1CN1C[C@@H](NC(=O)OCc3ccccc3)CC1=O)CCCN2. The number of anilines is 1. The van der Waals surface area contributed by atoms with Crippen LogP contribution in [-0.4, -0.2) is 55.2 Å². The van der Waals surface area contributed by atoms with Gasteiger partial charge in [-0.3, -0.25) is 4.79 Å². The summed E-state index contributed by atoms with van der Waals surface area (Å²) in [6, 6.07) is 11.2. The van der Waals surface area contributed by atoms with E-state index in [0.717, 1.165) is 41.9 Å². The number of carbonyl (C=O) groups excluding carboxylic acids is 2. The number of amides is 2. The molecule has 3 heterocycles. The van der Waals surface area contributed by atoms with Gasteiger partial charge in [-0.25, -0.2) is 9.78 Å². The number of aromatic nitrogens is 1. The van der Waals surface area contributed by atoms with Crippen molar-refractivity contribution >= 4 is 17.8 Å². The zero-order valence-electron chi connectivity index (χ0n) is 19.0. The standard InChI is InChI=1S/C24H30N4O5/c1-31-23(32-2)21-18(11-17-9-6-10-25-22(17)27-21)13-28-14-19(12-20(28)29)26-24(30)33-15-16-7-4-3-5-8-16/h3-5,7-8,11,19,23H,6,9-10,12-15H2,1-2H3,(H,25,27)(H,26,30)/t19-/m0/s1. The van der Waals surface area contributed by atoms with Gasteiger partial charge in [0.25, 0.3) is 0 Å². The number of rotatable bonds is 8. The summed E-state index contributed by atoms with van der Waals surface area (Å²) in [5.41, 5.74) is 3.56. The van der Waals surface area contributed by atoms with Gasteiger partial charge in [-0.05, 0) is 35.6 Å². The monoisotopic (exact) mass is 454 g/mol. The van der Waals surface area contributed by atoms with Crippen molar-refractivity contribution in [3.63, 3.8) is 0 Å². The Bertz CT molecular complexity index is 980. The Hall–Kier alpha value is -3.17. The lowest BCUT2D eigenvalue weighted by atomic mass is 10.0. The molecular weight excluding hydrogens is 424 g/mol. The van der Waals surface area contributed by atoms with Crippen molar-refractivity contribution in [2.75, 3.05) is 32.6 Å². The van der Waals surface area contributed by atoms with E-state index in [4.69, 9.17) is 19.2 Å². The van der Waals surface area contributed by atoms with Gasteiger partial charge in [0.1, 0.15) is 18.1 Å². The summed E-state index contributed by atoms with van der Waals surface area (Å²) < 4.78 is 16.2. The number of nitrogens with zero attached hydrogens (tertiary/aromatic N) is 2. The van der Waals surface area contributed by atoms with Crippen LogP contribution in [0.3, 0.4) is 0 Å². The minimum absolute atomic E-state index is 0.0310. The van der Waals surface area contributed by atoms with Crippen molar-refractivity contribution in [3.8, 4) is 0 Å². The molecule has 0 aliphatic carbocycles. The van der Waals surface area contributed by atoms with Crippen molar-refractivity contribution < 1.29 is 23.8 Å². The molecule has 9 nitrogen and oxygen atoms in total. The predicted octanol–water partition coefficient (Wildman–Crippen LogP) is 2.76. The van der Waals surface area contributed by atoms with Crippen LogP contribution < -0.4 is 10.6 Å². The Kier molecular flexibility index (Phi) is 7.41. The van der Waals surface area contributed by atoms with Crippen LogP contribution in [-0.2, 0) is 38.6 Å². The molecule has 1 saturated heterocycles. The van der Waals surface area contributed by atoms with Gasteiger partial charge in [0.15, 0.2) is 0 Å². The third-order valence-electron chi connectivity index (χ3n) is 5.89. The third kappa shape index (κ3) is 5.61. The largest absolute Gasteiger partial charge is 0.445 e. The quantitative estimate of drug-likeness (QED) is 0.592. The fraction of sp³-hybridized carbons (Fsp3) is 0.458. The number of benzene rings is 1. The first kappa shape index (κ1) is 23.0. The fourth-order valence-electron chi connectivity index (χ4n) is 4.25. The minimum atomic E-state index is -0.631. The van der Waals surface area contributed by atoms with Crippen molar-refractivity contribution in [3.05, 3.63) is 58.8 Å². The van der Waals surface area contributed by atoms with E-state index in [1.165, 1.54) is 0 Å². The number of aryl methyl sites for hydroxylation is 1. The van der Waals surface area contributed by atoms with E-state index in [1.54, 1.807) is 19.1 Å². The summed E-state index contributed by atoms with van der Waals surface area (Å²) in [5.74, 6) is 0.809. The average Bonchev–Trinajstić information content (AvgIpc) is 3.17. The zero-order chi connectivity index (χ0) is 23.2. The topological polar surface area (TPSA) is 102 Å². The van der Waals surface area contributed by atoms with Crippen LogP contribution in [0, 0.1) is 0 Å². The maximum absolute atomic E-state index is 12.7. The molecule has 0 saturated carbocycles. The first-order chi connectivity index (χ1) is 16.1. The maximum Gasteiger partial charge on any atom is 0.407 e. The molecule has 2 aromatic rings. The summed E-state index contributed by atoms with van der Waals surface area (Å²) in [4.78, 5) is 31.4. The second kappa shape index (κ2) is 10.6. The van der Waals surface area contributed by atoms with Crippen LogP contribution in [0.15, 0.2) is 36.4 Å². The molecular formula is C24H30N4O5. The number of carbonyl (C=O) groups is 2. The number of hydrogen-bond acceptors (Lipinski definition) is 7. The number of alkyl carbamates (subject to hydrolysis) is 1. The Balaban J connectivity index is 1.40. The van der Waals surface area contributed by atoms with Gasteiger partial charge >= 0.3 is 6.09 Å². The summed E-state index contributed by atoms with van der Waals surface area (Å²) >= 11 is 0. The van der Waals surface area contributed by atoms with Crippen molar-refractivity contribution in [1.29, 1.82) is 0 Å². The van der Waals surface area contributed by atoms with Gasteiger partial charge in [0, 0.05) is 40.3 Å². The van der Waals surface area contributed by atoms with E-state index in [-0.39, 0.29) is 25.0 Å². The molecule has 1 fully saturated rings. The number of nitrogens with one attached hydrogen (secondary N) is 2. The lowest BCUT2D eigenvalue weighted by Crippen LogP contribution is -2.37. The molecule has 0 radical (unpaired) electrons. The van der Waals surface area contributed by atoms with Crippen LogP contribution in [0.1, 0.15) is 41.5 Å². The van der Waals surface area contributed by atoms with E-state index < -0.39 is 12.4 Å². The number of likely N-dealkylation sites (tertiary alicyclic amines) is 1. The van der Waals surface area contributed by atoms with Gasteiger partial charge in [-0.1, -0.05) is 30.3 Å². The van der Waals surface area contributed by atoms with Gasteiger partial charge in [0.2, 0.25) is 12.2 Å². The lowest BCUT2D eigenvalue weighted by molar-refractivity contribution is -0.128. The molecule has 0 spiro atoms. The molecule has 1 aromatic carbocycles. The van der Waals surface area contributed by atoms with Crippen LogP contribution >= 0.6 is 0 Å². The Morgan fingerprint density at radius 2 is 2.06 bits per heavy atom. The summed E-state index contributed by atoms with van der Waals surface area (Å²) in [5, 5.41) is 6.13. The van der Waals surface area contributed by atoms with Gasteiger partial charge in [0.05, 0.1) is 6.04 Å². The predicted molar refractivity (Wildman–Crippen MR) is 121 cm³/mol. The van der Waals surface area contributed by atoms with E-state index in [2.05, 4.69) is 16.7 Å². The smallest absolute Gasteiger partial charge is 0.407 e. The molecule has 1 aromatic heterocycles. The molecule has 33 heavy (non-hydrogen) atoms. The summed E-state index contributed by atoms with van der Waals surface area (Å²) in [6.07, 6.45) is 1.03. The molecule has 2 N–H and O–H groups in total. The third-order valence-corrected chi connectivity index (χ3v) is 5.89. The molecule has 1 atom stereocenters. The number of fused-ring (bicyclic) bond motifs is 1. The molecule has 9 heteroatoms. The summed E-state index contributed by atoms with van der Waals surface area (Å²) in [6.45, 7) is 1.83. The highest BCUT2D eigenvalue weighted by Crippen LogP contribution is 2.29. The Morgan fingerprint density at radius 3 is 2.82 bits per heavy atom. The molecule has 176 valence electrons. The van der Waals surface area contributed by atoms with Gasteiger partial charge in [-0.15, -0.1) is 0 Å². The van der Waals surface area contributed by atoms with Crippen molar-refractivity contribution in [1.82, 2.24) is 15.2 Å². The van der Waals surface area contributed by atoms with E-state index in [9.17, 15) is 9.59 Å². The average molecular weight is 455 g/mol. The molecule has 2 aliphatic heterocycles. The van der Waals surface area contributed by atoms with Crippen LogP contribution in [0.25, 0.3) is 0 Å². The van der Waals surface area contributed by atoms with Crippen molar-refractivity contribution in [2.45, 2.75) is 44.7 Å². The van der Waals surface area contributed by atoms with Gasteiger partial charge in [-0.2, -0.15) is 0 Å². The Morgan fingerprint density at radius 1 is 1.27 bits per heavy atom. The second-order valence-electron chi connectivity index (χ2n) is 8.26. The maximum atomic E-state index is 12.7. The molecule has 4 rings (SSSR count). The highest BCUT2D eigenvalue weighted by atomic mass is 16.7. The second-order valence-corrected chi connectivity index (χ2v) is 8.26. The highest BCUT2D eigenvalue weighted by Gasteiger charge is 2.32. The first-order valence-corrected chi connectivity index (χ1v) is 11.1. The van der Waals surface area contributed by atoms with E-state index in [1.807, 2.05) is 30.3 Å². The van der Waals surface area contributed by atoms with Gasteiger partial charge < -0.3 is 29.7 Å². The summed E-state index contributed by atoms with van der Waals surface area (Å²) in [7, 11) is 3.13. The molecule has 0 unspecified atom stereocenters. The van der Waals surface area contributed by atoms with E-state index >= 15 is 0 Å². The molecule has 0 bridgehead atoms. The normalized spacial score (nSPS) is 17.6. The number of pyridine rings is 1. The highest BCUT2D eigenvalue weighted by molar-refractivity contribution is 5.80. The zero-order valence-corrected chi connectivity index (χ0v) is 19.0. The lowest BCUT2D eigenvalue weighted by Gasteiger charge is -2.25. The number of methoxy groups -OCH3 is 2. The molecule has 2 amide bonds. The molecule has 2 aliphatic rings. The van der Waals surface area contributed by atoms with E-state index in [0.29, 0.717) is 18.8 Å². The van der Waals surface area contributed by atoms with Crippen molar-refractivity contribution in [2.24, 2.45) is 0 Å². The fourth-order valence-corrected chi connectivity index (χ4v) is 4.25. The first-order valence-electron chi connectivity index (χ1n) is 11.1. The minimum Gasteiger partial charge on any atom is -0.445 e. The number of ether oxygens (including phenoxy) is 3. The number of hydrogen-bond donors (Lipinski definition) is 2. The van der Waals surface area contributed by atoms with Crippen LogP contribution in [0.2, 0.25) is 0 Å². The van der Waals surface area contributed by atoms with Crippen LogP contribution in [0.4, 0.5) is 10.6 Å². The Labute approximate surface area is 193 Å².